The van der Waals surface area contributed by atoms with Crippen molar-refractivity contribution in [2.75, 3.05) is 0 Å². The number of benzene rings is 1. The van der Waals surface area contributed by atoms with Crippen LogP contribution in [0.15, 0.2) is 49.1 Å². The first-order valence-electron chi connectivity index (χ1n) is 6.82. The second-order valence-corrected chi connectivity index (χ2v) is 5.10. The lowest BCUT2D eigenvalue weighted by atomic mass is 10.1. The van der Waals surface area contributed by atoms with Gasteiger partial charge in [0, 0.05) is 24.5 Å². The topological polar surface area (TPSA) is 30.7 Å². The van der Waals surface area contributed by atoms with Crippen molar-refractivity contribution >= 4 is 0 Å². The maximum Gasteiger partial charge on any atom is 0.434 e. The van der Waals surface area contributed by atoms with E-state index in [4.69, 9.17) is 0 Å². The predicted molar refractivity (Wildman–Crippen MR) is 75.9 cm³/mol. The molecule has 3 rings (SSSR count). The summed E-state index contributed by atoms with van der Waals surface area (Å²) in [7, 11) is 0. The molecule has 0 aliphatic carbocycles. The zero-order chi connectivity index (χ0) is 17.3. The third-order valence-electron chi connectivity index (χ3n) is 3.33. The third kappa shape index (κ3) is 3.42. The highest BCUT2D eigenvalue weighted by atomic mass is 19.4. The van der Waals surface area contributed by atoms with Crippen LogP contribution in [0.2, 0.25) is 0 Å². The summed E-state index contributed by atoms with van der Waals surface area (Å²) in [5.41, 5.74) is -0.489. The van der Waals surface area contributed by atoms with Gasteiger partial charge in [0.15, 0.2) is 5.69 Å². The van der Waals surface area contributed by atoms with E-state index in [-0.39, 0.29) is 17.8 Å². The van der Waals surface area contributed by atoms with Crippen molar-refractivity contribution in [2.45, 2.75) is 12.7 Å². The first kappa shape index (κ1) is 16.1. The highest BCUT2D eigenvalue weighted by Crippen LogP contribution is 2.28. The van der Waals surface area contributed by atoms with E-state index in [1.165, 1.54) is 36.7 Å². The molecule has 3 aromatic rings. The van der Waals surface area contributed by atoms with Crippen LogP contribution in [0.4, 0.5) is 22.0 Å². The van der Waals surface area contributed by atoms with E-state index in [0.717, 1.165) is 6.20 Å². The molecule has 0 amide bonds. The van der Waals surface area contributed by atoms with E-state index >= 15 is 0 Å². The smallest absolute Gasteiger partial charge is 0.347 e. The van der Waals surface area contributed by atoms with Crippen molar-refractivity contribution in [2.24, 2.45) is 0 Å². The Morgan fingerprint density at radius 1 is 1.00 bits per heavy atom. The largest absolute Gasteiger partial charge is 0.434 e. The molecule has 0 saturated carbocycles. The molecule has 0 unspecified atom stereocenters. The summed E-state index contributed by atoms with van der Waals surface area (Å²) >= 11 is 0. The maximum absolute atomic E-state index is 14.0. The van der Waals surface area contributed by atoms with Crippen LogP contribution in [-0.4, -0.2) is 14.5 Å². The van der Waals surface area contributed by atoms with Crippen LogP contribution in [0.3, 0.4) is 0 Å². The average Bonchev–Trinajstić information content (AvgIpc) is 2.93. The van der Waals surface area contributed by atoms with Crippen molar-refractivity contribution in [3.8, 4) is 11.3 Å². The lowest BCUT2D eigenvalue weighted by molar-refractivity contribution is -0.141. The van der Waals surface area contributed by atoms with Crippen molar-refractivity contribution in [3.63, 3.8) is 0 Å². The lowest BCUT2D eigenvalue weighted by Crippen LogP contribution is -2.08. The van der Waals surface area contributed by atoms with Gasteiger partial charge in [-0.1, -0.05) is 6.07 Å². The Morgan fingerprint density at radius 3 is 2.38 bits per heavy atom. The number of hydrogen-bond acceptors (Lipinski definition) is 2. The van der Waals surface area contributed by atoms with Gasteiger partial charge in [-0.2, -0.15) is 13.2 Å². The molecule has 0 aliphatic rings. The Kier molecular flexibility index (Phi) is 4.04. The van der Waals surface area contributed by atoms with Gasteiger partial charge in [-0.15, -0.1) is 0 Å². The quantitative estimate of drug-likeness (QED) is 0.667. The van der Waals surface area contributed by atoms with Crippen LogP contribution in [0.25, 0.3) is 11.3 Å². The molecule has 0 aliphatic heterocycles. The van der Waals surface area contributed by atoms with Crippen LogP contribution in [-0.2, 0) is 12.7 Å². The van der Waals surface area contributed by atoms with E-state index in [1.54, 1.807) is 4.57 Å². The Morgan fingerprint density at radius 2 is 1.79 bits per heavy atom. The Bertz CT molecular complexity index is 853. The van der Waals surface area contributed by atoms with Gasteiger partial charge in [0.05, 0.1) is 18.1 Å². The van der Waals surface area contributed by atoms with E-state index in [1.807, 2.05) is 0 Å². The molecule has 0 saturated heterocycles. The molecule has 2 aromatic heterocycles. The molecule has 0 N–H and O–H groups in total. The number of halogens is 5. The van der Waals surface area contributed by atoms with Crippen LogP contribution in [0.5, 0.6) is 0 Å². The monoisotopic (exact) mass is 339 g/mol. The normalized spacial score (nSPS) is 11.7. The summed E-state index contributed by atoms with van der Waals surface area (Å²) in [6.45, 7) is 0.283. The summed E-state index contributed by atoms with van der Waals surface area (Å²) < 4.78 is 66.0. The van der Waals surface area contributed by atoms with Crippen LogP contribution >= 0.6 is 0 Å². The fourth-order valence-corrected chi connectivity index (χ4v) is 2.20. The molecular weight excluding hydrogens is 329 g/mol. The van der Waals surface area contributed by atoms with E-state index in [9.17, 15) is 22.0 Å². The molecule has 2 heterocycles. The lowest BCUT2D eigenvalue weighted by Gasteiger charge is -2.09. The van der Waals surface area contributed by atoms with E-state index < -0.39 is 23.5 Å². The Hall–Kier alpha value is -2.77. The van der Waals surface area contributed by atoms with Crippen molar-refractivity contribution in [1.82, 2.24) is 14.5 Å². The molecule has 0 fully saturated rings. The van der Waals surface area contributed by atoms with Gasteiger partial charge in [-0.05, 0) is 23.8 Å². The molecule has 0 bridgehead atoms. The van der Waals surface area contributed by atoms with Crippen molar-refractivity contribution in [1.29, 1.82) is 0 Å². The number of hydrogen-bond donors (Lipinski definition) is 0. The second kappa shape index (κ2) is 6.03. The summed E-state index contributed by atoms with van der Waals surface area (Å²) in [4.78, 5) is 6.91. The van der Waals surface area contributed by atoms with E-state index in [2.05, 4.69) is 9.97 Å². The molecule has 0 atom stereocenters. The molecule has 0 spiro atoms. The third-order valence-corrected chi connectivity index (χ3v) is 3.33. The minimum atomic E-state index is -4.61. The van der Waals surface area contributed by atoms with Crippen LogP contribution in [0, 0.1) is 11.6 Å². The minimum Gasteiger partial charge on any atom is -0.347 e. The van der Waals surface area contributed by atoms with Crippen molar-refractivity contribution < 1.29 is 22.0 Å². The highest BCUT2D eigenvalue weighted by Gasteiger charge is 2.32. The van der Waals surface area contributed by atoms with Gasteiger partial charge in [0.25, 0.3) is 0 Å². The summed E-state index contributed by atoms with van der Waals surface area (Å²) in [6.07, 6.45) is -0.370. The average molecular weight is 339 g/mol. The standard InChI is InChI=1S/C16H10F5N3/c17-11-3-4-24(9-11)8-10-1-2-13(18)12(5-10)14-6-23-15(7-22-14)16(19,20)21/h1-7,9H,8H2. The van der Waals surface area contributed by atoms with Crippen LogP contribution < -0.4 is 0 Å². The van der Waals surface area contributed by atoms with Gasteiger partial charge < -0.3 is 4.57 Å². The van der Waals surface area contributed by atoms with E-state index in [0.29, 0.717) is 11.8 Å². The Labute approximate surface area is 133 Å². The van der Waals surface area contributed by atoms with Gasteiger partial charge in [0.1, 0.15) is 11.6 Å². The fourth-order valence-electron chi connectivity index (χ4n) is 2.20. The fraction of sp³-hybridized carbons (Fsp3) is 0.125. The molecule has 8 heteroatoms. The minimum absolute atomic E-state index is 0.0129. The summed E-state index contributed by atoms with van der Waals surface area (Å²) in [5.74, 6) is -1.03. The molecule has 1 aromatic carbocycles. The second-order valence-electron chi connectivity index (χ2n) is 5.10. The summed E-state index contributed by atoms with van der Waals surface area (Å²) in [6, 6.07) is 5.43. The molecule has 3 nitrogen and oxygen atoms in total. The molecule has 0 radical (unpaired) electrons. The zero-order valence-corrected chi connectivity index (χ0v) is 12.1. The maximum atomic E-state index is 14.0. The van der Waals surface area contributed by atoms with Crippen molar-refractivity contribution in [3.05, 3.63) is 71.9 Å². The van der Waals surface area contributed by atoms with Crippen LogP contribution in [0.1, 0.15) is 11.3 Å². The number of aromatic nitrogens is 3. The Balaban J connectivity index is 1.91. The number of alkyl halides is 3. The number of nitrogens with zero attached hydrogens (tertiary/aromatic N) is 3. The zero-order valence-electron chi connectivity index (χ0n) is 12.1. The van der Waals surface area contributed by atoms with Gasteiger partial charge in [-0.3, -0.25) is 4.98 Å². The predicted octanol–water partition coefficient (Wildman–Crippen LogP) is 4.29. The SMILES string of the molecule is Fc1ccn(Cc2ccc(F)c(-c3cnc(C(F)(F)F)cn3)c2)c1. The summed E-state index contributed by atoms with van der Waals surface area (Å²) in [5, 5.41) is 0. The first-order valence-corrected chi connectivity index (χ1v) is 6.82. The number of rotatable bonds is 3. The first-order chi connectivity index (χ1) is 11.3. The van der Waals surface area contributed by atoms with Gasteiger partial charge in [0.2, 0.25) is 0 Å². The molecular formula is C16H10F5N3. The molecule has 24 heavy (non-hydrogen) atoms. The molecule has 124 valence electrons. The van der Waals surface area contributed by atoms with Gasteiger partial charge in [-0.25, -0.2) is 13.8 Å². The highest BCUT2D eigenvalue weighted by molar-refractivity contribution is 5.60. The van der Waals surface area contributed by atoms with Gasteiger partial charge >= 0.3 is 6.18 Å².